The van der Waals surface area contributed by atoms with Crippen LogP contribution in [0.15, 0.2) is 71.2 Å². The van der Waals surface area contributed by atoms with Gasteiger partial charge in [0, 0.05) is 10.2 Å². The normalized spacial score (nSPS) is 12.9. The summed E-state index contributed by atoms with van der Waals surface area (Å²) in [6.45, 7) is 0.388. The topological polar surface area (TPSA) is 58.6 Å². The number of nitrogens with zero attached hydrogens (tertiary/aromatic N) is 1. The Morgan fingerprint density at radius 1 is 1.10 bits per heavy atom. The van der Waals surface area contributed by atoms with Gasteiger partial charge in [0.05, 0.1) is 22.8 Å². The fourth-order valence-electron chi connectivity index (χ4n) is 3.07. The van der Waals surface area contributed by atoms with Crippen LogP contribution in [0.2, 0.25) is 5.02 Å². The van der Waals surface area contributed by atoms with Crippen molar-refractivity contribution >= 4 is 50.7 Å². The van der Waals surface area contributed by atoms with E-state index in [4.69, 9.17) is 16.3 Å². The quantitative estimate of drug-likeness (QED) is 0.563. The fraction of sp³-hybridized carbons (Fsp3) is 0.0909. The highest BCUT2D eigenvalue weighted by atomic mass is 79.9. The first-order chi connectivity index (χ1) is 14.0. The van der Waals surface area contributed by atoms with Gasteiger partial charge in [-0.3, -0.25) is 9.59 Å². The summed E-state index contributed by atoms with van der Waals surface area (Å²) >= 11 is 9.52. The molecule has 146 valence electrons. The molecule has 1 aliphatic rings. The van der Waals surface area contributed by atoms with Crippen LogP contribution < -0.4 is 15.0 Å². The lowest BCUT2D eigenvalue weighted by Crippen LogP contribution is -2.38. The molecule has 1 N–H and O–H groups in total. The molecule has 0 radical (unpaired) electrons. The summed E-state index contributed by atoms with van der Waals surface area (Å²) in [5, 5.41) is 3.21. The molecular formula is C22H16BrClN2O3. The van der Waals surface area contributed by atoms with Crippen LogP contribution in [-0.4, -0.2) is 18.4 Å². The number of hydrogen-bond donors (Lipinski definition) is 1. The third kappa shape index (κ3) is 4.28. The maximum Gasteiger partial charge on any atom is 0.265 e. The zero-order chi connectivity index (χ0) is 20.4. The molecule has 2 amide bonds. The third-order valence-electron chi connectivity index (χ3n) is 4.53. The Bertz CT molecular complexity index is 1090. The molecule has 0 unspecified atom stereocenters. The standard InChI is InChI=1S/C22H16BrClN2O3/c23-15-7-5-14(6-8-15)12-26-19-11-16(9-10-20(19)29-13-21(26)27)25-22(28)17-3-1-2-4-18(17)24/h1-11H,12-13H2,(H,25,28). The first kappa shape index (κ1) is 19.5. The fourth-order valence-corrected chi connectivity index (χ4v) is 3.56. The molecule has 0 aliphatic carbocycles. The second-order valence-corrected chi connectivity index (χ2v) is 7.83. The van der Waals surface area contributed by atoms with Crippen molar-refractivity contribution in [3.05, 3.63) is 87.4 Å². The van der Waals surface area contributed by atoms with Gasteiger partial charge in [-0.2, -0.15) is 0 Å². The van der Waals surface area contributed by atoms with Gasteiger partial charge in [-0.25, -0.2) is 0 Å². The summed E-state index contributed by atoms with van der Waals surface area (Å²) < 4.78 is 6.53. The summed E-state index contributed by atoms with van der Waals surface area (Å²) in [6.07, 6.45) is 0. The Hall–Kier alpha value is -2.83. The lowest BCUT2D eigenvalue weighted by Gasteiger charge is -2.30. The molecule has 0 atom stereocenters. The zero-order valence-corrected chi connectivity index (χ0v) is 17.5. The van der Waals surface area contributed by atoms with Crippen molar-refractivity contribution in [2.45, 2.75) is 6.54 Å². The maximum absolute atomic E-state index is 12.6. The number of carbonyl (C=O) groups excluding carboxylic acids is 2. The molecule has 0 aromatic heterocycles. The number of benzene rings is 3. The molecule has 4 rings (SSSR count). The molecule has 3 aromatic carbocycles. The average Bonchev–Trinajstić information content (AvgIpc) is 2.72. The monoisotopic (exact) mass is 470 g/mol. The smallest absolute Gasteiger partial charge is 0.265 e. The van der Waals surface area contributed by atoms with Gasteiger partial charge in [-0.1, -0.05) is 51.8 Å². The van der Waals surface area contributed by atoms with E-state index in [9.17, 15) is 9.59 Å². The minimum absolute atomic E-state index is 0.0190. The molecular weight excluding hydrogens is 456 g/mol. The van der Waals surface area contributed by atoms with Crippen molar-refractivity contribution in [2.75, 3.05) is 16.8 Å². The molecule has 0 spiro atoms. The molecule has 1 heterocycles. The second-order valence-electron chi connectivity index (χ2n) is 6.51. The van der Waals surface area contributed by atoms with Crippen molar-refractivity contribution in [3.8, 4) is 5.75 Å². The number of rotatable bonds is 4. The van der Waals surface area contributed by atoms with Crippen LogP contribution >= 0.6 is 27.5 Å². The van der Waals surface area contributed by atoms with E-state index in [-0.39, 0.29) is 18.4 Å². The van der Waals surface area contributed by atoms with E-state index in [1.54, 1.807) is 47.4 Å². The molecule has 0 saturated heterocycles. The predicted octanol–water partition coefficient (Wildman–Crippen LogP) is 5.28. The number of carbonyl (C=O) groups is 2. The summed E-state index contributed by atoms with van der Waals surface area (Å²) in [5.74, 6) is 0.130. The Balaban J connectivity index is 1.61. The molecule has 7 heteroatoms. The number of anilines is 2. The summed E-state index contributed by atoms with van der Waals surface area (Å²) in [4.78, 5) is 26.7. The lowest BCUT2D eigenvalue weighted by molar-refractivity contribution is -0.121. The van der Waals surface area contributed by atoms with E-state index < -0.39 is 0 Å². The van der Waals surface area contributed by atoms with Gasteiger partial charge >= 0.3 is 0 Å². The Labute approximate surface area is 181 Å². The Morgan fingerprint density at radius 2 is 1.86 bits per heavy atom. The summed E-state index contributed by atoms with van der Waals surface area (Å²) in [6, 6.07) is 19.8. The van der Waals surface area contributed by atoms with E-state index in [1.165, 1.54) is 0 Å². The highest BCUT2D eigenvalue weighted by Gasteiger charge is 2.26. The lowest BCUT2D eigenvalue weighted by atomic mass is 10.1. The molecule has 0 fully saturated rings. The van der Waals surface area contributed by atoms with Gasteiger partial charge in [0.25, 0.3) is 11.8 Å². The van der Waals surface area contributed by atoms with Crippen LogP contribution in [0.4, 0.5) is 11.4 Å². The minimum Gasteiger partial charge on any atom is -0.482 e. The second kappa shape index (κ2) is 8.27. The molecule has 0 bridgehead atoms. The summed E-state index contributed by atoms with van der Waals surface area (Å²) in [7, 11) is 0. The Kier molecular flexibility index (Phi) is 5.56. The average molecular weight is 472 g/mol. The number of nitrogens with one attached hydrogen (secondary N) is 1. The van der Waals surface area contributed by atoms with Gasteiger partial charge in [0.2, 0.25) is 0 Å². The van der Waals surface area contributed by atoms with Crippen molar-refractivity contribution in [1.82, 2.24) is 0 Å². The number of ether oxygens (including phenoxy) is 1. The zero-order valence-electron chi connectivity index (χ0n) is 15.2. The van der Waals surface area contributed by atoms with E-state index in [1.807, 2.05) is 24.3 Å². The van der Waals surface area contributed by atoms with Gasteiger partial charge in [-0.05, 0) is 48.0 Å². The SMILES string of the molecule is O=C(Nc1ccc2c(c1)N(Cc1ccc(Br)cc1)C(=O)CO2)c1ccccc1Cl. The molecule has 29 heavy (non-hydrogen) atoms. The summed E-state index contributed by atoms with van der Waals surface area (Å²) in [5.41, 5.74) is 2.53. The van der Waals surface area contributed by atoms with Crippen LogP contribution in [0.3, 0.4) is 0 Å². The highest BCUT2D eigenvalue weighted by molar-refractivity contribution is 9.10. The Morgan fingerprint density at radius 3 is 2.62 bits per heavy atom. The molecule has 3 aromatic rings. The number of halogens is 2. The van der Waals surface area contributed by atoms with Crippen LogP contribution in [0.1, 0.15) is 15.9 Å². The van der Waals surface area contributed by atoms with Crippen molar-refractivity contribution in [3.63, 3.8) is 0 Å². The van der Waals surface area contributed by atoms with Crippen molar-refractivity contribution in [2.24, 2.45) is 0 Å². The molecule has 0 saturated carbocycles. The van der Waals surface area contributed by atoms with Crippen molar-refractivity contribution in [1.29, 1.82) is 0 Å². The number of hydrogen-bond acceptors (Lipinski definition) is 3. The molecule has 1 aliphatic heterocycles. The van der Waals surface area contributed by atoms with E-state index in [0.717, 1.165) is 10.0 Å². The van der Waals surface area contributed by atoms with E-state index in [2.05, 4.69) is 21.2 Å². The predicted molar refractivity (Wildman–Crippen MR) is 117 cm³/mol. The van der Waals surface area contributed by atoms with Gasteiger partial charge in [-0.15, -0.1) is 0 Å². The number of amides is 2. The largest absolute Gasteiger partial charge is 0.482 e. The minimum atomic E-state index is -0.321. The number of fused-ring (bicyclic) bond motifs is 1. The van der Waals surface area contributed by atoms with Gasteiger partial charge in [0.15, 0.2) is 6.61 Å². The van der Waals surface area contributed by atoms with Crippen molar-refractivity contribution < 1.29 is 14.3 Å². The first-order valence-electron chi connectivity index (χ1n) is 8.89. The van der Waals surface area contributed by atoms with Crippen LogP contribution in [0.5, 0.6) is 5.75 Å². The first-order valence-corrected chi connectivity index (χ1v) is 10.1. The van der Waals surface area contributed by atoms with Gasteiger partial charge < -0.3 is 15.0 Å². The third-order valence-corrected chi connectivity index (χ3v) is 5.39. The highest BCUT2D eigenvalue weighted by Crippen LogP contribution is 2.36. The van der Waals surface area contributed by atoms with E-state index >= 15 is 0 Å². The van der Waals surface area contributed by atoms with Crippen LogP contribution in [0.25, 0.3) is 0 Å². The maximum atomic E-state index is 12.6. The molecule has 5 nitrogen and oxygen atoms in total. The van der Waals surface area contributed by atoms with Gasteiger partial charge in [0.1, 0.15) is 5.75 Å². The van der Waals surface area contributed by atoms with E-state index in [0.29, 0.717) is 34.3 Å². The van der Waals surface area contributed by atoms with Crippen LogP contribution in [0, 0.1) is 0 Å². The van der Waals surface area contributed by atoms with Crippen LogP contribution in [-0.2, 0) is 11.3 Å².